The molecule has 0 unspecified atom stereocenters. The molecule has 186 valence electrons. The predicted octanol–water partition coefficient (Wildman–Crippen LogP) is 3.71. The molecular formula is C26H37N3O4S. The van der Waals surface area contributed by atoms with Crippen molar-refractivity contribution in [3.63, 3.8) is 0 Å². The zero-order valence-electron chi connectivity index (χ0n) is 21.1. The fraction of sp³-hybridized carbons (Fsp3) is 0.462. The summed E-state index contributed by atoms with van der Waals surface area (Å²) in [6.07, 6.45) is 2.28. The van der Waals surface area contributed by atoms with Gasteiger partial charge in [0.25, 0.3) is 0 Å². The Bertz CT molecular complexity index is 1090. The van der Waals surface area contributed by atoms with E-state index in [1.807, 2.05) is 65.0 Å². The summed E-state index contributed by atoms with van der Waals surface area (Å²) in [5.74, 6) is -0.660. The summed E-state index contributed by atoms with van der Waals surface area (Å²) >= 11 is 0. The van der Waals surface area contributed by atoms with Crippen molar-refractivity contribution in [1.29, 1.82) is 0 Å². The first-order chi connectivity index (χ1) is 16.0. The van der Waals surface area contributed by atoms with Crippen LogP contribution in [-0.4, -0.2) is 50.5 Å². The topological polar surface area (TPSA) is 86.8 Å². The molecule has 0 aliphatic carbocycles. The van der Waals surface area contributed by atoms with E-state index in [-0.39, 0.29) is 19.0 Å². The SMILES string of the molecule is CCCNC(=O)[C@@H](CC)N(Cc1cccc(C)c1)C(=O)CN(c1cc(C)cc(C)c1)S(C)(=O)=O. The molecule has 0 saturated carbocycles. The monoisotopic (exact) mass is 487 g/mol. The molecule has 1 atom stereocenters. The van der Waals surface area contributed by atoms with Crippen molar-refractivity contribution in [1.82, 2.24) is 10.2 Å². The lowest BCUT2D eigenvalue weighted by Gasteiger charge is -2.33. The van der Waals surface area contributed by atoms with Crippen LogP contribution in [0.5, 0.6) is 0 Å². The third kappa shape index (κ3) is 7.58. The molecule has 0 aliphatic heterocycles. The van der Waals surface area contributed by atoms with Gasteiger partial charge in [-0.25, -0.2) is 8.42 Å². The molecule has 1 N–H and O–H groups in total. The number of hydrogen-bond donors (Lipinski definition) is 1. The van der Waals surface area contributed by atoms with E-state index in [1.165, 1.54) is 4.90 Å². The van der Waals surface area contributed by atoms with Crippen LogP contribution in [0.2, 0.25) is 0 Å². The van der Waals surface area contributed by atoms with E-state index in [1.54, 1.807) is 12.1 Å². The molecule has 2 aromatic rings. The molecular weight excluding hydrogens is 450 g/mol. The Hall–Kier alpha value is -2.87. The van der Waals surface area contributed by atoms with Crippen LogP contribution in [0.25, 0.3) is 0 Å². The predicted molar refractivity (Wildman–Crippen MR) is 137 cm³/mol. The first kappa shape index (κ1) is 27.4. The molecule has 0 heterocycles. The van der Waals surface area contributed by atoms with Crippen LogP contribution in [0, 0.1) is 20.8 Å². The van der Waals surface area contributed by atoms with Gasteiger partial charge in [-0.05, 0) is 62.4 Å². The van der Waals surface area contributed by atoms with Gasteiger partial charge in [0.05, 0.1) is 11.9 Å². The molecule has 0 saturated heterocycles. The number of aryl methyl sites for hydroxylation is 3. The van der Waals surface area contributed by atoms with Gasteiger partial charge in [-0.2, -0.15) is 0 Å². The molecule has 7 nitrogen and oxygen atoms in total. The van der Waals surface area contributed by atoms with E-state index in [2.05, 4.69) is 5.32 Å². The van der Waals surface area contributed by atoms with Crippen LogP contribution in [0.1, 0.15) is 48.9 Å². The number of nitrogens with zero attached hydrogens (tertiary/aromatic N) is 2. The van der Waals surface area contributed by atoms with Crippen LogP contribution in [0.3, 0.4) is 0 Å². The number of carbonyl (C=O) groups is 2. The number of amides is 2. The summed E-state index contributed by atoms with van der Waals surface area (Å²) in [6, 6.07) is 12.5. The Balaban J connectivity index is 2.45. The van der Waals surface area contributed by atoms with Gasteiger partial charge in [0.15, 0.2) is 0 Å². The van der Waals surface area contributed by atoms with Crippen molar-refractivity contribution >= 4 is 27.5 Å². The Kier molecular flexibility index (Phi) is 9.67. The maximum atomic E-state index is 13.7. The lowest BCUT2D eigenvalue weighted by atomic mass is 10.1. The summed E-state index contributed by atoms with van der Waals surface area (Å²) in [4.78, 5) is 28.1. The van der Waals surface area contributed by atoms with E-state index < -0.39 is 22.0 Å². The quantitative estimate of drug-likeness (QED) is 0.523. The van der Waals surface area contributed by atoms with Crippen LogP contribution >= 0.6 is 0 Å². The van der Waals surface area contributed by atoms with Crippen LogP contribution in [-0.2, 0) is 26.2 Å². The van der Waals surface area contributed by atoms with Gasteiger partial charge in [0.1, 0.15) is 12.6 Å². The van der Waals surface area contributed by atoms with Gasteiger partial charge >= 0.3 is 0 Å². The summed E-state index contributed by atoms with van der Waals surface area (Å²) in [5.41, 5.74) is 4.16. The van der Waals surface area contributed by atoms with Crippen LogP contribution in [0.4, 0.5) is 5.69 Å². The third-order valence-corrected chi connectivity index (χ3v) is 6.68. The van der Waals surface area contributed by atoms with Gasteiger partial charge in [-0.3, -0.25) is 13.9 Å². The minimum Gasteiger partial charge on any atom is -0.354 e. The van der Waals surface area contributed by atoms with Crippen LogP contribution < -0.4 is 9.62 Å². The van der Waals surface area contributed by atoms with E-state index in [0.29, 0.717) is 18.7 Å². The molecule has 34 heavy (non-hydrogen) atoms. The fourth-order valence-corrected chi connectivity index (χ4v) is 4.83. The highest BCUT2D eigenvalue weighted by Gasteiger charge is 2.31. The minimum atomic E-state index is -3.74. The van der Waals surface area contributed by atoms with Gasteiger partial charge in [-0.15, -0.1) is 0 Å². The molecule has 2 aromatic carbocycles. The molecule has 0 aliphatic rings. The number of benzene rings is 2. The van der Waals surface area contributed by atoms with Crippen molar-refractivity contribution in [2.24, 2.45) is 0 Å². The number of rotatable bonds is 11. The maximum Gasteiger partial charge on any atom is 0.244 e. The summed E-state index contributed by atoms with van der Waals surface area (Å²) in [6.45, 7) is 9.89. The highest BCUT2D eigenvalue weighted by Crippen LogP contribution is 2.22. The van der Waals surface area contributed by atoms with Crippen molar-refractivity contribution in [3.05, 3.63) is 64.7 Å². The standard InChI is InChI=1S/C26H37N3O4S/c1-7-12-27-26(31)24(8-2)28(17-22-11-9-10-19(3)14-22)25(30)18-29(34(6,32)33)23-15-20(4)13-21(5)16-23/h9-11,13-16,24H,7-8,12,17-18H2,1-6H3,(H,27,31)/t24-/m1/s1. The van der Waals surface area contributed by atoms with Gasteiger partial charge in [0, 0.05) is 13.1 Å². The van der Waals surface area contributed by atoms with Crippen molar-refractivity contribution in [2.75, 3.05) is 23.7 Å². The van der Waals surface area contributed by atoms with Crippen LogP contribution in [0.15, 0.2) is 42.5 Å². The molecule has 0 bridgehead atoms. The second-order valence-corrected chi connectivity index (χ2v) is 10.7. The molecule has 2 rings (SSSR count). The van der Waals surface area contributed by atoms with E-state index >= 15 is 0 Å². The molecule has 0 fully saturated rings. The van der Waals surface area contributed by atoms with Crippen molar-refractivity contribution < 1.29 is 18.0 Å². The Labute approximate surface area is 204 Å². The molecule has 0 aromatic heterocycles. The Morgan fingerprint density at radius 3 is 2.15 bits per heavy atom. The second kappa shape index (κ2) is 12.0. The van der Waals surface area contributed by atoms with Gasteiger partial charge in [0.2, 0.25) is 21.8 Å². The number of carbonyl (C=O) groups excluding carboxylic acids is 2. The molecule has 2 amide bonds. The molecule has 0 radical (unpaired) electrons. The van der Waals surface area contributed by atoms with Gasteiger partial charge < -0.3 is 10.2 Å². The second-order valence-electron chi connectivity index (χ2n) is 8.84. The number of hydrogen-bond acceptors (Lipinski definition) is 4. The smallest absolute Gasteiger partial charge is 0.244 e. The lowest BCUT2D eigenvalue weighted by molar-refractivity contribution is -0.140. The molecule has 0 spiro atoms. The maximum absolute atomic E-state index is 13.7. The average Bonchev–Trinajstić information content (AvgIpc) is 2.74. The molecule has 8 heteroatoms. The Morgan fingerprint density at radius 2 is 1.62 bits per heavy atom. The van der Waals surface area contributed by atoms with E-state index in [9.17, 15) is 18.0 Å². The largest absolute Gasteiger partial charge is 0.354 e. The zero-order chi connectivity index (χ0) is 25.5. The average molecular weight is 488 g/mol. The first-order valence-corrected chi connectivity index (χ1v) is 13.5. The number of nitrogens with one attached hydrogen (secondary N) is 1. The van der Waals surface area contributed by atoms with Gasteiger partial charge in [-0.1, -0.05) is 49.7 Å². The van der Waals surface area contributed by atoms with E-state index in [4.69, 9.17) is 0 Å². The fourth-order valence-electron chi connectivity index (χ4n) is 4.00. The minimum absolute atomic E-state index is 0.211. The summed E-state index contributed by atoms with van der Waals surface area (Å²) in [5, 5.41) is 2.88. The third-order valence-electron chi connectivity index (χ3n) is 5.54. The first-order valence-electron chi connectivity index (χ1n) is 11.6. The van der Waals surface area contributed by atoms with Crippen molar-refractivity contribution in [3.8, 4) is 0 Å². The Morgan fingerprint density at radius 1 is 0.971 bits per heavy atom. The van der Waals surface area contributed by atoms with Crippen molar-refractivity contribution in [2.45, 2.75) is 60.0 Å². The lowest BCUT2D eigenvalue weighted by Crippen LogP contribution is -2.52. The zero-order valence-corrected chi connectivity index (χ0v) is 21.9. The highest BCUT2D eigenvalue weighted by atomic mass is 32.2. The highest BCUT2D eigenvalue weighted by molar-refractivity contribution is 7.92. The normalized spacial score (nSPS) is 12.2. The summed E-state index contributed by atoms with van der Waals surface area (Å²) in [7, 11) is -3.74. The van der Waals surface area contributed by atoms with E-state index in [0.717, 1.165) is 39.2 Å². The summed E-state index contributed by atoms with van der Waals surface area (Å²) < 4.78 is 26.5. The number of sulfonamides is 1. The number of anilines is 1.